The smallest absolute Gasteiger partial charge is 0.243 e. The van der Waals surface area contributed by atoms with Crippen LogP contribution >= 0.6 is 0 Å². The van der Waals surface area contributed by atoms with Crippen molar-refractivity contribution in [1.82, 2.24) is 5.32 Å². The molecule has 1 unspecified atom stereocenters. The molecule has 1 aliphatic carbocycles. The quantitative estimate of drug-likeness (QED) is 0.753. The first kappa shape index (κ1) is 19.4. The first-order valence-electron chi connectivity index (χ1n) is 8.49. The predicted molar refractivity (Wildman–Crippen MR) is 97.4 cm³/mol. The third kappa shape index (κ3) is 5.56. The van der Waals surface area contributed by atoms with Crippen molar-refractivity contribution in [2.45, 2.75) is 45.1 Å². The Bertz CT molecular complexity index is 729. The number of hydrogen-bond acceptors (Lipinski definition) is 3. The van der Waals surface area contributed by atoms with E-state index in [1.165, 1.54) is 49.6 Å². The lowest BCUT2D eigenvalue weighted by Crippen LogP contribution is -2.48. The van der Waals surface area contributed by atoms with Gasteiger partial charge in [-0.1, -0.05) is 11.6 Å². The van der Waals surface area contributed by atoms with Gasteiger partial charge in [-0.25, -0.2) is 12.8 Å². The van der Waals surface area contributed by atoms with Gasteiger partial charge in [0.1, 0.15) is 11.9 Å². The van der Waals surface area contributed by atoms with Gasteiger partial charge in [0.05, 0.1) is 11.9 Å². The maximum Gasteiger partial charge on any atom is 0.243 e. The minimum Gasteiger partial charge on any atom is -0.354 e. The molecule has 0 saturated carbocycles. The zero-order valence-electron chi connectivity index (χ0n) is 14.7. The van der Waals surface area contributed by atoms with E-state index in [2.05, 4.69) is 11.4 Å². The summed E-state index contributed by atoms with van der Waals surface area (Å²) in [6, 6.07) is 4.14. The number of nitrogens with zero attached hydrogens (tertiary/aromatic N) is 1. The summed E-state index contributed by atoms with van der Waals surface area (Å²) in [5.41, 5.74) is 1.61. The number of anilines is 1. The minimum atomic E-state index is -3.68. The summed E-state index contributed by atoms with van der Waals surface area (Å²) in [5.74, 6) is -0.832. The summed E-state index contributed by atoms with van der Waals surface area (Å²) in [7, 11) is -3.68. The Morgan fingerprint density at radius 3 is 2.52 bits per heavy atom. The highest BCUT2D eigenvalue weighted by Crippen LogP contribution is 2.22. The van der Waals surface area contributed by atoms with E-state index in [1.54, 1.807) is 0 Å². The third-order valence-corrected chi connectivity index (χ3v) is 5.54. The molecule has 1 aromatic carbocycles. The van der Waals surface area contributed by atoms with Crippen molar-refractivity contribution in [1.29, 1.82) is 0 Å². The molecular weight excluding hydrogens is 343 g/mol. The highest BCUT2D eigenvalue weighted by atomic mass is 32.2. The van der Waals surface area contributed by atoms with E-state index in [0.717, 1.165) is 29.8 Å². The van der Waals surface area contributed by atoms with Crippen LogP contribution in [0.25, 0.3) is 0 Å². The lowest BCUT2D eigenvalue weighted by atomic mass is 9.97. The van der Waals surface area contributed by atoms with Crippen molar-refractivity contribution in [2.75, 3.05) is 17.1 Å². The molecule has 0 heterocycles. The molecule has 0 aliphatic heterocycles. The average Bonchev–Trinajstić information content (AvgIpc) is 2.56. The predicted octanol–water partition coefficient (Wildman–Crippen LogP) is 2.99. The average molecular weight is 368 g/mol. The Morgan fingerprint density at radius 1 is 1.28 bits per heavy atom. The number of sulfonamides is 1. The van der Waals surface area contributed by atoms with Crippen LogP contribution in [0.3, 0.4) is 0 Å². The summed E-state index contributed by atoms with van der Waals surface area (Å²) < 4.78 is 38.4. The highest BCUT2D eigenvalue weighted by molar-refractivity contribution is 7.92. The monoisotopic (exact) mass is 368 g/mol. The number of halogens is 1. The van der Waals surface area contributed by atoms with Gasteiger partial charge in [0.15, 0.2) is 0 Å². The number of hydrogen-bond donors (Lipinski definition) is 1. The van der Waals surface area contributed by atoms with Crippen LogP contribution in [0, 0.1) is 5.82 Å². The molecule has 0 saturated heterocycles. The van der Waals surface area contributed by atoms with Crippen molar-refractivity contribution >= 4 is 21.6 Å². The highest BCUT2D eigenvalue weighted by Gasteiger charge is 2.28. The van der Waals surface area contributed by atoms with Crippen molar-refractivity contribution < 1.29 is 17.6 Å². The number of amides is 1. The lowest BCUT2D eigenvalue weighted by Gasteiger charge is -2.28. The van der Waals surface area contributed by atoms with Gasteiger partial charge in [-0.05, 0) is 63.3 Å². The first-order chi connectivity index (χ1) is 11.8. The van der Waals surface area contributed by atoms with Gasteiger partial charge >= 0.3 is 0 Å². The van der Waals surface area contributed by atoms with Gasteiger partial charge in [0, 0.05) is 6.54 Å². The van der Waals surface area contributed by atoms with Crippen LogP contribution in [0.2, 0.25) is 0 Å². The van der Waals surface area contributed by atoms with E-state index in [1.807, 2.05) is 0 Å². The normalized spacial score (nSPS) is 16.0. The molecule has 0 spiro atoms. The van der Waals surface area contributed by atoms with Gasteiger partial charge in [0.25, 0.3) is 0 Å². The van der Waals surface area contributed by atoms with Crippen molar-refractivity contribution in [3.8, 4) is 0 Å². The Labute approximate surface area is 149 Å². The van der Waals surface area contributed by atoms with E-state index < -0.39 is 21.9 Å². The molecule has 25 heavy (non-hydrogen) atoms. The van der Waals surface area contributed by atoms with Gasteiger partial charge in [-0.2, -0.15) is 0 Å². The fourth-order valence-electron chi connectivity index (χ4n) is 3.02. The van der Waals surface area contributed by atoms with E-state index in [9.17, 15) is 17.6 Å². The number of rotatable bonds is 7. The van der Waals surface area contributed by atoms with Crippen LogP contribution < -0.4 is 9.62 Å². The fraction of sp³-hybridized carbons (Fsp3) is 0.500. The van der Waals surface area contributed by atoms with Crippen LogP contribution in [0.15, 0.2) is 35.9 Å². The standard InChI is InChI=1S/C18H25FN2O3S/c1-14(18(22)20-13-12-15-6-4-3-5-7-15)21(25(2,23)24)17-10-8-16(19)9-11-17/h6,8-11,14H,3-5,7,12-13H2,1-2H3,(H,20,22). The molecule has 2 rings (SSSR count). The Kier molecular flexibility index (Phi) is 6.58. The molecule has 7 heteroatoms. The third-order valence-electron chi connectivity index (χ3n) is 4.30. The molecule has 0 fully saturated rings. The number of carbonyl (C=O) groups excluding carboxylic acids is 1. The largest absolute Gasteiger partial charge is 0.354 e. The molecule has 1 atom stereocenters. The fourth-order valence-corrected chi connectivity index (χ4v) is 4.20. The number of allylic oxidation sites excluding steroid dienone is 1. The number of nitrogens with one attached hydrogen (secondary N) is 1. The van der Waals surface area contributed by atoms with Gasteiger partial charge < -0.3 is 5.32 Å². The van der Waals surface area contributed by atoms with Gasteiger partial charge in [-0.3, -0.25) is 9.10 Å². The molecule has 5 nitrogen and oxygen atoms in total. The van der Waals surface area contributed by atoms with Crippen LogP contribution in [0.4, 0.5) is 10.1 Å². The number of benzene rings is 1. The van der Waals surface area contributed by atoms with Crippen molar-refractivity contribution in [3.63, 3.8) is 0 Å². The van der Waals surface area contributed by atoms with Crippen LogP contribution in [0.1, 0.15) is 39.0 Å². The maximum atomic E-state index is 13.1. The van der Waals surface area contributed by atoms with Crippen LogP contribution in [-0.4, -0.2) is 33.2 Å². The summed E-state index contributed by atoms with van der Waals surface area (Å²) in [4.78, 5) is 12.4. The topological polar surface area (TPSA) is 66.5 Å². The van der Waals surface area contributed by atoms with Gasteiger partial charge in [-0.15, -0.1) is 0 Å². The van der Waals surface area contributed by atoms with Crippen molar-refractivity contribution in [3.05, 3.63) is 41.7 Å². The van der Waals surface area contributed by atoms with E-state index in [4.69, 9.17) is 0 Å². The van der Waals surface area contributed by atoms with Crippen LogP contribution in [0.5, 0.6) is 0 Å². The molecule has 1 amide bonds. The molecule has 0 aromatic heterocycles. The second-order valence-electron chi connectivity index (χ2n) is 6.36. The van der Waals surface area contributed by atoms with E-state index >= 15 is 0 Å². The molecule has 138 valence electrons. The van der Waals surface area contributed by atoms with Gasteiger partial charge in [0.2, 0.25) is 15.9 Å². The molecule has 0 bridgehead atoms. The summed E-state index contributed by atoms with van der Waals surface area (Å²) in [6.07, 6.45) is 8.60. The maximum absolute atomic E-state index is 13.1. The van der Waals surface area contributed by atoms with E-state index in [0.29, 0.717) is 6.54 Å². The minimum absolute atomic E-state index is 0.265. The second-order valence-corrected chi connectivity index (χ2v) is 8.22. The van der Waals surface area contributed by atoms with E-state index in [-0.39, 0.29) is 11.6 Å². The Hall–Kier alpha value is -1.89. The Morgan fingerprint density at radius 2 is 1.96 bits per heavy atom. The summed E-state index contributed by atoms with van der Waals surface area (Å²) in [5, 5.41) is 2.80. The summed E-state index contributed by atoms with van der Waals surface area (Å²) >= 11 is 0. The summed E-state index contributed by atoms with van der Waals surface area (Å²) in [6.45, 7) is 2.01. The van der Waals surface area contributed by atoms with Crippen molar-refractivity contribution in [2.24, 2.45) is 0 Å². The molecule has 1 N–H and O–H groups in total. The zero-order valence-corrected chi connectivity index (χ0v) is 15.5. The van der Waals surface area contributed by atoms with Crippen LogP contribution in [-0.2, 0) is 14.8 Å². The molecule has 1 aromatic rings. The molecular formula is C18H25FN2O3S. The second kappa shape index (κ2) is 8.47. The molecule has 0 radical (unpaired) electrons. The first-order valence-corrected chi connectivity index (χ1v) is 10.3. The molecule has 1 aliphatic rings. The number of carbonyl (C=O) groups is 1. The SMILES string of the molecule is CC(C(=O)NCCC1=CCCCC1)N(c1ccc(F)cc1)S(C)(=O)=O. The zero-order chi connectivity index (χ0) is 18.4. The Balaban J connectivity index is 2.02. The lowest BCUT2D eigenvalue weighted by molar-refractivity contribution is -0.121.